The number of aryl methyl sites for hydroxylation is 2. The Kier molecular flexibility index (Phi) is 3.16. The van der Waals surface area contributed by atoms with Crippen molar-refractivity contribution >= 4 is 0 Å². The number of nitrogens with zero attached hydrogens (tertiary/aromatic N) is 2. The number of hydrogen-bond acceptors (Lipinski definition) is 2. The smallest absolute Gasteiger partial charge is 0.0982 e. The van der Waals surface area contributed by atoms with Crippen molar-refractivity contribution in [1.29, 1.82) is 0 Å². The molecule has 1 heterocycles. The molecule has 2 nitrogen and oxygen atoms in total. The molecule has 0 spiro atoms. The fourth-order valence-electron chi connectivity index (χ4n) is 2.45. The van der Waals surface area contributed by atoms with Crippen LogP contribution in [0, 0.1) is 13.8 Å². The first kappa shape index (κ1) is 12.1. The van der Waals surface area contributed by atoms with Gasteiger partial charge in [0.05, 0.1) is 12.1 Å². The third-order valence-electron chi connectivity index (χ3n) is 3.72. The Morgan fingerprint density at radius 2 is 1.05 bits per heavy atom. The first-order valence-electron chi connectivity index (χ1n) is 6.75. The predicted molar refractivity (Wildman–Crippen MR) is 77.3 cm³/mol. The molecule has 19 heavy (non-hydrogen) atoms. The molecule has 2 aromatic rings. The van der Waals surface area contributed by atoms with Crippen molar-refractivity contribution in [2.45, 2.75) is 32.4 Å². The molecule has 0 fully saturated rings. The molecule has 0 amide bonds. The summed E-state index contributed by atoms with van der Waals surface area (Å²) in [5.41, 5.74) is 5.11. The van der Waals surface area contributed by atoms with Gasteiger partial charge in [0.1, 0.15) is 0 Å². The van der Waals surface area contributed by atoms with Gasteiger partial charge in [-0.2, -0.15) is 10.2 Å². The second kappa shape index (κ2) is 4.96. The SMILES string of the molecule is Cc1ccc(C2CC(c3ccc(C)cc3)N=N2)cc1. The molecule has 2 unspecified atom stereocenters. The molecule has 0 saturated heterocycles. The second-order valence-corrected chi connectivity index (χ2v) is 5.32. The van der Waals surface area contributed by atoms with Crippen molar-refractivity contribution in [3.63, 3.8) is 0 Å². The highest BCUT2D eigenvalue weighted by Gasteiger charge is 2.24. The van der Waals surface area contributed by atoms with E-state index < -0.39 is 0 Å². The van der Waals surface area contributed by atoms with Crippen LogP contribution in [0.15, 0.2) is 58.8 Å². The molecular weight excluding hydrogens is 232 g/mol. The topological polar surface area (TPSA) is 24.7 Å². The van der Waals surface area contributed by atoms with Crippen LogP contribution in [0.3, 0.4) is 0 Å². The Labute approximate surface area is 114 Å². The maximum Gasteiger partial charge on any atom is 0.0982 e. The molecule has 2 heteroatoms. The van der Waals surface area contributed by atoms with Gasteiger partial charge in [-0.15, -0.1) is 0 Å². The van der Waals surface area contributed by atoms with Crippen molar-refractivity contribution in [3.8, 4) is 0 Å². The van der Waals surface area contributed by atoms with Crippen LogP contribution in [0.1, 0.15) is 40.8 Å². The molecular formula is C17H18N2. The second-order valence-electron chi connectivity index (χ2n) is 5.32. The quantitative estimate of drug-likeness (QED) is 0.721. The lowest BCUT2D eigenvalue weighted by Crippen LogP contribution is -1.96. The molecule has 1 aliphatic rings. The van der Waals surface area contributed by atoms with Gasteiger partial charge in [0, 0.05) is 6.42 Å². The predicted octanol–water partition coefficient (Wildman–Crippen LogP) is 4.94. The van der Waals surface area contributed by atoms with E-state index >= 15 is 0 Å². The maximum absolute atomic E-state index is 4.44. The lowest BCUT2D eigenvalue weighted by Gasteiger charge is -2.09. The van der Waals surface area contributed by atoms with Crippen LogP contribution in [0.5, 0.6) is 0 Å². The zero-order valence-electron chi connectivity index (χ0n) is 11.4. The highest BCUT2D eigenvalue weighted by atomic mass is 15.2. The molecule has 0 radical (unpaired) electrons. The van der Waals surface area contributed by atoms with E-state index in [1.807, 2.05) is 0 Å². The first-order valence-corrected chi connectivity index (χ1v) is 6.75. The molecule has 1 aliphatic heterocycles. The zero-order chi connectivity index (χ0) is 13.2. The maximum atomic E-state index is 4.44. The fourth-order valence-corrected chi connectivity index (χ4v) is 2.45. The average molecular weight is 250 g/mol. The summed E-state index contributed by atoms with van der Waals surface area (Å²) >= 11 is 0. The summed E-state index contributed by atoms with van der Waals surface area (Å²) in [6.07, 6.45) is 0.978. The van der Waals surface area contributed by atoms with Gasteiger partial charge in [-0.05, 0) is 25.0 Å². The van der Waals surface area contributed by atoms with Crippen LogP contribution < -0.4 is 0 Å². The van der Waals surface area contributed by atoms with Gasteiger partial charge >= 0.3 is 0 Å². The Hall–Kier alpha value is -1.96. The van der Waals surface area contributed by atoms with E-state index in [0.717, 1.165) is 6.42 Å². The van der Waals surface area contributed by atoms with Crippen LogP contribution >= 0.6 is 0 Å². The van der Waals surface area contributed by atoms with Gasteiger partial charge in [-0.3, -0.25) is 0 Å². The van der Waals surface area contributed by atoms with Gasteiger partial charge in [0.2, 0.25) is 0 Å². The molecule has 3 rings (SSSR count). The minimum atomic E-state index is 0.215. The lowest BCUT2D eigenvalue weighted by atomic mass is 9.96. The van der Waals surface area contributed by atoms with Crippen molar-refractivity contribution in [1.82, 2.24) is 0 Å². The monoisotopic (exact) mass is 250 g/mol. The zero-order valence-corrected chi connectivity index (χ0v) is 11.4. The van der Waals surface area contributed by atoms with Crippen LogP contribution in [-0.2, 0) is 0 Å². The van der Waals surface area contributed by atoms with Crippen LogP contribution in [0.4, 0.5) is 0 Å². The summed E-state index contributed by atoms with van der Waals surface area (Å²) in [5, 5.41) is 8.88. The van der Waals surface area contributed by atoms with E-state index in [1.165, 1.54) is 22.3 Å². The fraction of sp³-hybridized carbons (Fsp3) is 0.294. The Balaban J connectivity index is 1.76. The molecule has 2 aromatic carbocycles. The number of rotatable bonds is 2. The Morgan fingerprint density at radius 1 is 0.684 bits per heavy atom. The highest BCUT2D eigenvalue weighted by molar-refractivity contribution is 5.28. The molecule has 0 aliphatic carbocycles. The van der Waals surface area contributed by atoms with Crippen LogP contribution in [0.25, 0.3) is 0 Å². The standard InChI is InChI=1S/C17H18N2/c1-12-3-7-14(8-4-12)16-11-17(19-18-16)15-9-5-13(2)6-10-15/h3-10,16-17H,11H2,1-2H3. The Morgan fingerprint density at radius 3 is 1.42 bits per heavy atom. The van der Waals surface area contributed by atoms with E-state index in [9.17, 15) is 0 Å². The third-order valence-corrected chi connectivity index (χ3v) is 3.72. The van der Waals surface area contributed by atoms with Gasteiger partial charge in [-0.1, -0.05) is 59.7 Å². The van der Waals surface area contributed by atoms with Gasteiger partial charge < -0.3 is 0 Å². The highest BCUT2D eigenvalue weighted by Crippen LogP contribution is 2.38. The molecule has 0 bridgehead atoms. The Bertz CT molecular complexity index is 528. The number of hydrogen-bond donors (Lipinski definition) is 0. The summed E-state index contributed by atoms with van der Waals surface area (Å²) in [6, 6.07) is 17.7. The average Bonchev–Trinajstić information content (AvgIpc) is 2.90. The normalized spacial score (nSPS) is 21.8. The van der Waals surface area contributed by atoms with Gasteiger partial charge in [-0.25, -0.2) is 0 Å². The molecule has 0 saturated carbocycles. The van der Waals surface area contributed by atoms with Crippen molar-refractivity contribution < 1.29 is 0 Å². The summed E-state index contributed by atoms with van der Waals surface area (Å²) < 4.78 is 0. The van der Waals surface area contributed by atoms with E-state index in [4.69, 9.17) is 0 Å². The molecule has 96 valence electrons. The summed E-state index contributed by atoms with van der Waals surface area (Å²) in [5.74, 6) is 0. The van der Waals surface area contributed by atoms with E-state index in [2.05, 4.69) is 72.6 Å². The largest absolute Gasteiger partial charge is 0.185 e. The summed E-state index contributed by atoms with van der Waals surface area (Å²) in [7, 11) is 0. The van der Waals surface area contributed by atoms with Gasteiger partial charge in [0.25, 0.3) is 0 Å². The molecule has 0 aromatic heterocycles. The van der Waals surface area contributed by atoms with Crippen molar-refractivity contribution in [2.24, 2.45) is 10.2 Å². The van der Waals surface area contributed by atoms with Gasteiger partial charge in [0.15, 0.2) is 0 Å². The lowest BCUT2D eigenvalue weighted by molar-refractivity contribution is 0.659. The summed E-state index contributed by atoms with van der Waals surface area (Å²) in [4.78, 5) is 0. The van der Waals surface area contributed by atoms with E-state index in [0.29, 0.717) is 0 Å². The number of benzene rings is 2. The van der Waals surface area contributed by atoms with Crippen LogP contribution in [-0.4, -0.2) is 0 Å². The number of azo groups is 1. The minimum Gasteiger partial charge on any atom is -0.185 e. The summed E-state index contributed by atoms with van der Waals surface area (Å²) in [6.45, 7) is 4.21. The third kappa shape index (κ3) is 2.58. The first-order chi connectivity index (χ1) is 9.22. The molecule has 0 N–H and O–H groups in total. The van der Waals surface area contributed by atoms with Crippen LogP contribution in [0.2, 0.25) is 0 Å². The molecule has 2 atom stereocenters. The van der Waals surface area contributed by atoms with Crippen molar-refractivity contribution in [2.75, 3.05) is 0 Å². The minimum absolute atomic E-state index is 0.215. The van der Waals surface area contributed by atoms with E-state index in [1.54, 1.807) is 0 Å². The van der Waals surface area contributed by atoms with E-state index in [-0.39, 0.29) is 12.1 Å². The van der Waals surface area contributed by atoms with Crippen molar-refractivity contribution in [3.05, 3.63) is 70.8 Å².